The molecule has 0 saturated heterocycles. The fraction of sp³-hybridized carbons (Fsp3) is 0.333. The molecule has 1 aliphatic carbocycles. The van der Waals surface area contributed by atoms with Gasteiger partial charge in [0.2, 0.25) is 5.91 Å². The summed E-state index contributed by atoms with van der Waals surface area (Å²) in [6.45, 7) is 1.90. The van der Waals surface area contributed by atoms with Crippen LogP contribution in [0.4, 0.5) is 0 Å². The number of carbonyl (C=O) groups is 1. The number of ether oxygens (including phenoxy) is 1. The number of fused-ring (bicyclic) bond motifs is 1. The number of nitrogens with zero attached hydrogens (tertiary/aromatic N) is 4. The largest absolute Gasteiger partial charge is 0.497 e. The van der Waals surface area contributed by atoms with E-state index >= 15 is 0 Å². The summed E-state index contributed by atoms with van der Waals surface area (Å²) in [6, 6.07) is 9.35. The standard InChI is InChI=1S/C18H19N5O2/c1-11(20-18(24)13-3-4-13)17-21-16-9-15(19-10-23(16)22-17)12-5-7-14(25-2)8-6-12/h5-11,13H,3-4H2,1-2H3,(H,20,24)/t11-/m0/s1. The zero-order valence-electron chi connectivity index (χ0n) is 14.1. The molecule has 0 spiro atoms. The van der Waals surface area contributed by atoms with E-state index in [9.17, 15) is 4.79 Å². The highest BCUT2D eigenvalue weighted by Gasteiger charge is 2.31. The van der Waals surface area contributed by atoms with E-state index in [1.807, 2.05) is 37.3 Å². The zero-order valence-corrected chi connectivity index (χ0v) is 14.1. The van der Waals surface area contributed by atoms with Gasteiger partial charge in [-0.2, -0.15) is 0 Å². The summed E-state index contributed by atoms with van der Waals surface area (Å²) < 4.78 is 6.80. The number of amides is 1. The molecule has 1 aromatic carbocycles. The molecule has 7 heteroatoms. The number of benzene rings is 1. The van der Waals surface area contributed by atoms with Crippen molar-refractivity contribution in [3.05, 3.63) is 42.5 Å². The van der Waals surface area contributed by atoms with Crippen molar-refractivity contribution >= 4 is 11.6 Å². The van der Waals surface area contributed by atoms with Crippen LogP contribution < -0.4 is 10.1 Å². The minimum atomic E-state index is -0.225. The lowest BCUT2D eigenvalue weighted by Gasteiger charge is -2.09. The highest BCUT2D eigenvalue weighted by atomic mass is 16.5. The molecule has 25 heavy (non-hydrogen) atoms. The van der Waals surface area contributed by atoms with E-state index in [1.54, 1.807) is 18.0 Å². The predicted molar refractivity (Wildman–Crippen MR) is 92.1 cm³/mol. The molecule has 0 bridgehead atoms. The minimum Gasteiger partial charge on any atom is -0.497 e. The van der Waals surface area contributed by atoms with Crippen molar-refractivity contribution in [2.45, 2.75) is 25.8 Å². The number of nitrogens with one attached hydrogen (secondary N) is 1. The highest BCUT2D eigenvalue weighted by molar-refractivity contribution is 5.81. The fourth-order valence-corrected chi connectivity index (χ4v) is 2.66. The lowest BCUT2D eigenvalue weighted by molar-refractivity contribution is -0.123. The van der Waals surface area contributed by atoms with Crippen molar-refractivity contribution in [3.63, 3.8) is 0 Å². The van der Waals surface area contributed by atoms with Crippen LogP contribution in [0.25, 0.3) is 16.9 Å². The Balaban J connectivity index is 1.58. The van der Waals surface area contributed by atoms with Crippen LogP contribution in [-0.4, -0.2) is 32.6 Å². The van der Waals surface area contributed by atoms with Crippen molar-refractivity contribution < 1.29 is 9.53 Å². The number of methoxy groups -OCH3 is 1. The van der Waals surface area contributed by atoms with Gasteiger partial charge < -0.3 is 10.1 Å². The van der Waals surface area contributed by atoms with E-state index in [1.165, 1.54) is 0 Å². The lowest BCUT2D eigenvalue weighted by atomic mass is 10.1. The van der Waals surface area contributed by atoms with E-state index in [2.05, 4.69) is 20.4 Å². The third-order valence-corrected chi connectivity index (χ3v) is 4.33. The second-order valence-electron chi connectivity index (χ2n) is 6.28. The number of hydrogen-bond acceptors (Lipinski definition) is 5. The first-order valence-corrected chi connectivity index (χ1v) is 8.31. The maximum atomic E-state index is 11.9. The molecule has 7 nitrogen and oxygen atoms in total. The monoisotopic (exact) mass is 337 g/mol. The Labute approximate surface area is 145 Å². The molecular weight excluding hydrogens is 318 g/mol. The summed E-state index contributed by atoms with van der Waals surface area (Å²) in [4.78, 5) is 20.9. The molecule has 1 atom stereocenters. The van der Waals surface area contributed by atoms with E-state index in [0.717, 1.165) is 29.8 Å². The average molecular weight is 337 g/mol. The van der Waals surface area contributed by atoms with Crippen LogP contribution in [0.2, 0.25) is 0 Å². The Kier molecular flexibility index (Phi) is 3.83. The van der Waals surface area contributed by atoms with Gasteiger partial charge >= 0.3 is 0 Å². The quantitative estimate of drug-likeness (QED) is 0.773. The van der Waals surface area contributed by atoms with Gasteiger partial charge in [0.1, 0.15) is 12.1 Å². The Morgan fingerprint density at radius 1 is 1.32 bits per heavy atom. The molecule has 2 heterocycles. The summed E-state index contributed by atoms with van der Waals surface area (Å²) >= 11 is 0. The molecule has 1 N–H and O–H groups in total. The summed E-state index contributed by atoms with van der Waals surface area (Å²) in [5.41, 5.74) is 2.48. The van der Waals surface area contributed by atoms with Crippen LogP contribution in [0.3, 0.4) is 0 Å². The third-order valence-electron chi connectivity index (χ3n) is 4.33. The van der Waals surface area contributed by atoms with Gasteiger partial charge in [0.15, 0.2) is 11.5 Å². The molecule has 1 fully saturated rings. The van der Waals surface area contributed by atoms with E-state index in [-0.39, 0.29) is 17.9 Å². The summed E-state index contributed by atoms with van der Waals surface area (Å²) in [6.07, 6.45) is 3.60. The molecule has 0 unspecified atom stereocenters. The molecule has 0 radical (unpaired) electrons. The molecule has 0 aliphatic heterocycles. The van der Waals surface area contributed by atoms with Gasteiger partial charge in [0.05, 0.1) is 18.8 Å². The number of rotatable bonds is 5. The van der Waals surface area contributed by atoms with Crippen LogP contribution in [-0.2, 0) is 4.79 Å². The average Bonchev–Trinajstić information content (AvgIpc) is 3.40. The highest BCUT2D eigenvalue weighted by Crippen LogP contribution is 2.29. The molecule has 1 saturated carbocycles. The number of hydrogen-bond donors (Lipinski definition) is 1. The molecular formula is C18H19N5O2. The van der Waals surface area contributed by atoms with Crippen molar-refractivity contribution in [2.75, 3.05) is 7.11 Å². The Bertz CT molecular complexity index is 915. The predicted octanol–water partition coefficient (Wildman–Crippen LogP) is 2.39. The first kappa shape index (κ1) is 15.6. The first-order chi connectivity index (χ1) is 12.1. The van der Waals surface area contributed by atoms with E-state index in [0.29, 0.717) is 11.5 Å². The fourth-order valence-electron chi connectivity index (χ4n) is 2.66. The minimum absolute atomic E-state index is 0.0865. The van der Waals surface area contributed by atoms with Crippen LogP contribution in [0.5, 0.6) is 5.75 Å². The second kappa shape index (κ2) is 6.16. The summed E-state index contributed by atoms with van der Waals surface area (Å²) in [7, 11) is 1.64. The van der Waals surface area contributed by atoms with Gasteiger partial charge in [-0.3, -0.25) is 4.79 Å². The number of carbonyl (C=O) groups excluding carboxylic acids is 1. The summed E-state index contributed by atoms with van der Waals surface area (Å²) in [5, 5.41) is 7.38. The number of aromatic nitrogens is 4. The van der Waals surface area contributed by atoms with Crippen molar-refractivity contribution in [3.8, 4) is 17.0 Å². The SMILES string of the molecule is COc1ccc(-c2cc3nc([C@H](C)NC(=O)C4CC4)nn3cn2)cc1. The van der Waals surface area contributed by atoms with Crippen LogP contribution in [0.15, 0.2) is 36.7 Å². The molecule has 3 aromatic rings. The van der Waals surface area contributed by atoms with Crippen LogP contribution in [0.1, 0.15) is 31.6 Å². The lowest BCUT2D eigenvalue weighted by Crippen LogP contribution is -2.28. The van der Waals surface area contributed by atoms with Crippen LogP contribution in [0, 0.1) is 5.92 Å². The maximum Gasteiger partial charge on any atom is 0.223 e. The zero-order chi connectivity index (χ0) is 17.4. The summed E-state index contributed by atoms with van der Waals surface area (Å²) in [5.74, 6) is 1.64. The maximum absolute atomic E-state index is 11.9. The molecule has 1 aliphatic rings. The van der Waals surface area contributed by atoms with E-state index < -0.39 is 0 Å². The van der Waals surface area contributed by atoms with Crippen molar-refractivity contribution in [2.24, 2.45) is 5.92 Å². The van der Waals surface area contributed by atoms with Crippen molar-refractivity contribution in [1.29, 1.82) is 0 Å². The molecule has 4 rings (SSSR count). The third kappa shape index (κ3) is 3.17. The molecule has 128 valence electrons. The first-order valence-electron chi connectivity index (χ1n) is 8.31. The molecule has 2 aromatic heterocycles. The van der Waals surface area contributed by atoms with Crippen LogP contribution >= 0.6 is 0 Å². The topological polar surface area (TPSA) is 81.4 Å². The van der Waals surface area contributed by atoms with Gasteiger partial charge in [-0.1, -0.05) is 0 Å². The van der Waals surface area contributed by atoms with Gasteiger partial charge in [-0.15, -0.1) is 5.10 Å². The van der Waals surface area contributed by atoms with Gasteiger partial charge in [0, 0.05) is 17.5 Å². The second-order valence-corrected chi connectivity index (χ2v) is 6.28. The normalized spacial score (nSPS) is 15.1. The Hall–Kier alpha value is -2.96. The molecule has 1 amide bonds. The van der Waals surface area contributed by atoms with Gasteiger partial charge in [0.25, 0.3) is 0 Å². The van der Waals surface area contributed by atoms with Gasteiger partial charge in [-0.25, -0.2) is 14.5 Å². The Morgan fingerprint density at radius 3 is 2.76 bits per heavy atom. The Morgan fingerprint density at radius 2 is 2.08 bits per heavy atom. The van der Waals surface area contributed by atoms with Crippen molar-refractivity contribution in [1.82, 2.24) is 24.9 Å². The van der Waals surface area contributed by atoms with E-state index in [4.69, 9.17) is 4.74 Å². The smallest absolute Gasteiger partial charge is 0.223 e. The van der Waals surface area contributed by atoms with Gasteiger partial charge in [-0.05, 0) is 44.0 Å².